The SMILES string of the molecule is CCCN(C)c1ccc(Br)cc1CNC(C)(C)C. The Bertz CT molecular complexity index is 383. The molecule has 0 aliphatic rings. The first-order valence-corrected chi connectivity index (χ1v) is 7.37. The van der Waals surface area contributed by atoms with Gasteiger partial charge in [-0.2, -0.15) is 0 Å². The first-order chi connectivity index (χ1) is 8.33. The molecule has 0 spiro atoms. The second-order valence-corrected chi connectivity index (χ2v) is 6.71. The predicted molar refractivity (Wildman–Crippen MR) is 84.3 cm³/mol. The Morgan fingerprint density at radius 3 is 2.50 bits per heavy atom. The van der Waals surface area contributed by atoms with Crippen LogP contribution in [0, 0.1) is 0 Å². The van der Waals surface area contributed by atoms with E-state index in [0.29, 0.717) is 0 Å². The number of benzene rings is 1. The summed E-state index contributed by atoms with van der Waals surface area (Å²) >= 11 is 3.56. The van der Waals surface area contributed by atoms with Crippen LogP contribution in [0.1, 0.15) is 39.7 Å². The monoisotopic (exact) mass is 312 g/mol. The average Bonchev–Trinajstić information content (AvgIpc) is 2.25. The molecule has 0 aliphatic carbocycles. The molecule has 3 heteroatoms. The number of anilines is 1. The molecule has 102 valence electrons. The summed E-state index contributed by atoms with van der Waals surface area (Å²) in [6.45, 7) is 10.8. The molecule has 18 heavy (non-hydrogen) atoms. The van der Waals surface area contributed by atoms with Gasteiger partial charge in [-0.15, -0.1) is 0 Å². The molecule has 1 aromatic carbocycles. The smallest absolute Gasteiger partial charge is 0.0410 e. The van der Waals surface area contributed by atoms with Crippen LogP contribution in [-0.4, -0.2) is 19.1 Å². The third kappa shape index (κ3) is 4.99. The highest BCUT2D eigenvalue weighted by molar-refractivity contribution is 9.10. The lowest BCUT2D eigenvalue weighted by Crippen LogP contribution is -2.35. The molecule has 0 atom stereocenters. The molecule has 1 aromatic rings. The van der Waals surface area contributed by atoms with Crippen molar-refractivity contribution in [3.05, 3.63) is 28.2 Å². The molecule has 0 saturated carbocycles. The van der Waals surface area contributed by atoms with Crippen molar-refractivity contribution in [3.63, 3.8) is 0 Å². The van der Waals surface area contributed by atoms with Crippen LogP contribution in [0.5, 0.6) is 0 Å². The minimum absolute atomic E-state index is 0.142. The minimum Gasteiger partial charge on any atom is -0.374 e. The van der Waals surface area contributed by atoms with Crippen molar-refractivity contribution in [1.29, 1.82) is 0 Å². The molecular formula is C15H25BrN2. The Morgan fingerprint density at radius 1 is 1.28 bits per heavy atom. The third-order valence-corrected chi connectivity index (χ3v) is 3.31. The van der Waals surface area contributed by atoms with E-state index in [1.165, 1.54) is 17.7 Å². The summed E-state index contributed by atoms with van der Waals surface area (Å²) in [6, 6.07) is 6.52. The van der Waals surface area contributed by atoms with Crippen LogP contribution in [0.15, 0.2) is 22.7 Å². The van der Waals surface area contributed by atoms with Gasteiger partial charge < -0.3 is 10.2 Å². The van der Waals surface area contributed by atoms with E-state index in [-0.39, 0.29) is 5.54 Å². The van der Waals surface area contributed by atoms with Gasteiger partial charge in [-0.1, -0.05) is 22.9 Å². The average molecular weight is 313 g/mol. The van der Waals surface area contributed by atoms with Crippen molar-refractivity contribution in [3.8, 4) is 0 Å². The quantitative estimate of drug-likeness (QED) is 0.877. The number of hydrogen-bond acceptors (Lipinski definition) is 2. The molecule has 0 amide bonds. The molecule has 0 heterocycles. The van der Waals surface area contributed by atoms with Crippen molar-refractivity contribution in [1.82, 2.24) is 5.32 Å². The maximum absolute atomic E-state index is 3.56. The molecular weight excluding hydrogens is 288 g/mol. The highest BCUT2D eigenvalue weighted by atomic mass is 79.9. The zero-order valence-electron chi connectivity index (χ0n) is 12.2. The van der Waals surface area contributed by atoms with Crippen LogP contribution in [0.2, 0.25) is 0 Å². The summed E-state index contributed by atoms with van der Waals surface area (Å²) in [5.41, 5.74) is 2.80. The van der Waals surface area contributed by atoms with Crippen molar-refractivity contribution < 1.29 is 0 Å². The van der Waals surface area contributed by atoms with E-state index in [4.69, 9.17) is 0 Å². The van der Waals surface area contributed by atoms with E-state index < -0.39 is 0 Å². The van der Waals surface area contributed by atoms with Crippen molar-refractivity contribution in [2.75, 3.05) is 18.5 Å². The van der Waals surface area contributed by atoms with Gasteiger partial charge in [-0.25, -0.2) is 0 Å². The van der Waals surface area contributed by atoms with E-state index >= 15 is 0 Å². The topological polar surface area (TPSA) is 15.3 Å². The van der Waals surface area contributed by atoms with Crippen molar-refractivity contribution >= 4 is 21.6 Å². The van der Waals surface area contributed by atoms with E-state index in [1.807, 2.05) is 0 Å². The molecule has 0 unspecified atom stereocenters. The second-order valence-electron chi connectivity index (χ2n) is 5.80. The van der Waals surface area contributed by atoms with Gasteiger partial charge in [-0.05, 0) is 51.0 Å². The molecule has 1 N–H and O–H groups in total. The number of nitrogens with one attached hydrogen (secondary N) is 1. The predicted octanol–water partition coefficient (Wildman–Crippen LogP) is 4.18. The van der Waals surface area contributed by atoms with Crippen molar-refractivity contribution in [2.24, 2.45) is 0 Å². The minimum atomic E-state index is 0.142. The number of rotatable bonds is 5. The Morgan fingerprint density at radius 2 is 1.94 bits per heavy atom. The first-order valence-electron chi connectivity index (χ1n) is 6.58. The number of halogens is 1. The summed E-state index contributed by atoms with van der Waals surface area (Å²) < 4.78 is 1.14. The molecule has 2 nitrogen and oxygen atoms in total. The highest BCUT2D eigenvalue weighted by Crippen LogP contribution is 2.24. The Hall–Kier alpha value is -0.540. The van der Waals surface area contributed by atoms with Crippen LogP contribution in [0.3, 0.4) is 0 Å². The van der Waals surface area contributed by atoms with Gasteiger partial charge in [-0.3, -0.25) is 0 Å². The first kappa shape index (κ1) is 15.5. The molecule has 0 aliphatic heterocycles. The summed E-state index contributed by atoms with van der Waals surface area (Å²) in [6.07, 6.45) is 1.17. The zero-order chi connectivity index (χ0) is 13.8. The van der Waals surface area contributed by atoms with E-state index in [2.05, 4.69) is 79.1 Å². The fourth-order valence-corrected chi connectivity index (χ4v) is 2.29. The Kier molecular flexibility index (Phi) is 5.67. The van der Waals surface area contributed by atoms with Gasteiger partial charge in [0.2, 0.25) is 0 Å². The van der Waals surface area contributed by atoms with E-state index in [1.54, 1.807) is 0 Å². The Labute approximate surface area is 120 Å². The fourth-order valence-electron chi connectivity index (χ4n) is 1.88. The normalized spacial score (nSPS) is 11.7. The maximum Gasteiger partial charge on any atom is 0.0410 e. The molecule has 0 fully saturated rings. The fraction of sp³-hybridized carbons (Fsp3) is 0.600. The second kappa shape index (κ2) is 6.58. The molecule has 0 bridgehead atoms. The van der Waals surface area contributed by atoms with E-state index in [9.17, 15) is 0 Å². The number of hydrogen-bond donors (Lipinski definition) is 1. The van der Waals surface area contributed by atoms with Gasteiger partial charge in [0.15, 0.2) is 0 Å². The third-order valence-electron chi connectivity index (χ3n) is 2.82. The lowest BCUT2D eigenvalue weighted by molar-refractivity contribution is 0.424. The summed E-state index contributed by atoms with van der Waals surface area (Å²) in [5, 5.41) is 3.56. The van der Waals surface area contributed by atoms with Crippen LogP contribution in [-0.2, 0) is 6.54 Å². The zero-order valence-corrected chi connectivity index (χ0v) is 13.8. The molecule has 0 saturated heterocycles. The standard InChI is InChI=1S/C15H25BrN2/c1-6-9-18(5)14-8-7-13(16)10-12(14)11-17-15(2,3)4/h7-8,10,17H,6,9,11H2,1-5H3. The van der Waals surface area contributed by atoms with Crippen LogP contribution in [0.4, 0.5) is 5.69 Å². The number of nitrogens with zero attached hydrogens (tertiary/aromatic N) is 1. The van der Waals surface area contributed by atoms with Crippen LogP contribution >= 0.6 is 15.9 Å². The Balaban J connectivity index is 2.89. The summed E-state index contributed by atoms with van der Waals surface area (Å²) in [7, 11) is 2.16. The van der Waals surface area contributed by atoms with E-state index in [0.717, 1.165) is 17.6 Å². The maximum atomic E-state index is 3.56. The van der Waals surface area contributed by atoms with Gasteiger partial charge in [0, 0.05) is 35.8 Å². The van der Waals surface area contributed by atoms with Gasteiger partial charge in [0.05, 0.1) is 0 Å². The molecule has 0 aromatic heterocycles. The summed E-state index contributed by atoms with van der Waals surface area (Å²) in [5.74, 6) is 0. The largest absolute Gasteiger partial charge is 0.374 e. The molecule has 0 radical (unpaired) electrons. The van der Waals surface area contributed by atoms with Crippen molar-refractivity contribution in [2.45, 2.75) is 46.2 Å². The summed E-state index contributed by atoms with van der Waals surface area (Å²) in [4.78, 5) is 2.33. The van der Waals surface area contributed by atoms with Crippen LogP contribution < -0.4 is 10.2 Å². The lowest BCUT2D eigenvalue weighted by atomic mass is 10.1. The van der Waals surface area contributed by atoms with Gasteiger partial charge in [0.25, 0.3) is 0 Å². The van der Waals surface area contributed by atoms with Gasteiger partial charge >= 0.3 is 0 Å². The molecule has 1 rings (SSSR count). The highest BCUT2D eigenvalue weighted by Gasteiger charge is 2.12. The lowest BCUT2D eigenvalue weighted by Gasteiger charge is -2.25. The van der Waals surface area contributed by atoms with Crippen LogP contribution in [0.25, 0.3) is 0 Å². The van der Waals surface area contributed by atoms with Gasteiger partial charge in [0.1, 0.15) is 0 Å².